The number of nitrogens with one attached hydrogen (secondary N) is 1. The third-order valence-electron chi connectivity index (χ3n) is 9.20. The highest BCUT2D eigenvalue weighted by atomic mass is 35.5. The number of hydrogen-bond donors (Lipinski definition) is 1. The number of pyridine rings is 1. The average molecular weight is 636 g/mol. The van der Waals surface area contributed by atoms with Gasteiger partial charge in [0, 0.05) is 48.1 Å². The molecular weight excluding hydrogens is 606 g/mol. The number of halogens is 1. The van der Waals surface area contributed by atoms with Crippen LogP contribution in [0.25, 0.3) is 27.0 Å². The van der Waals surface area contributed by atoms with E-state index in [1.165, 1.54) is 5.57 Å². The zero-order valence-corrected chi connectivity index (χ0v) is 26.0. The first kappa shape index (κ1) is 27.3. The van der Waals surface area contributed by atoms with Crippen molar-refractivity contribution in [3.8, 4) is 11.3 Å². The molecule has 9 nitrogen and oxygen atoms in total. The summed E-state index contributed by atoms with van der Waals surface area (Å²) in [4.78, 5) is 24.0. The molecule has 1 amide bonds. The molecule has 4 aliphatic rings. The van der Waals surface area contributed by atoms with Crippen molar-refractivity contribution in [3.63, 3.8) is 0 Å². The van der Waals surface area contributed by atoms with Gasteiger partial charge in [-0.25, -0.2) is 18.1 Å². The maximum absolute atomic E-state index is 12.6. The second-order valence-corrected chi connectivity index (χ2v) is 15.8. The minimum absolute atomic E-state index is 0.146. The van der Waals surface area contributed by atoms with E-state index in [1.54, 1.807) is 35.7 Å². The molecule has 1 N–H and O–H groups in total. The van der Waals surface area contributed by atoms with Gasteiger partial charge in [-0.3, -0.25) is 9.78 Å². The predicted molar refractivity (Wildman–Crippen MR) is 167 cm³/mol. The molecule has 1 saturated heterocycles. The fourth-order valence-electron chi connectivity index (χ4n) is 6.42. The van der Waals surface area contributed by atoms with Crippen LogP contribution in [0.5, 0.6) is 0 Å². The van der Waals surface area contributed by atoms with Gasteiger partial charge >= 0.3 is 0 Å². The van der Waals surface area contributed by atoms with E-state index in [-0.39, 0.29) is 5.41 Å². The lowest BCUT2D eigenvalue weighted by molar-refractivity contribution is 0.0981. The molecule has 1 spiro atoms. The zero-order chi connectivity index (χ0) is 29.5. The number of rotatable bonds is 7. The molecule has 1 aromatic carbocycles. The van der Waals surface area contributed by atoms with Crippen LogP contribution in [-0.4, -0.2) is 47.8 Å². The molecule has 0 unspecified atom stereocenters. The highest BCUT2D eigenvalue weighted by Gasteiger charge is 2.44. The van der Waals surface area contributed by atoms with Gasteiger partial charge in [0.05, 0.1) is 20.5 Å². The second-order valence-electron chi connectivity index (χ2n) is 12.4. The number of sulfonamides is 1. The third kappa shape index (κ3) is 4.85. The largest absolute Gasteiger partial charge is 0.360 e. The summed E-state index contributed by atoms with van der Waals surface area (Å²) in [7, 11) is -3.59. The Balaban J connectivity index is 0.993. The molecule has 2 saturated carbocycles. The van der Waals surface area contributed by atoms with Crippen molar-refractivity contribution in [1.29, 1.82) is 0 Å². The van der Waals surface area contributed by atoms with Crippen LogP contribution in [0.3, 0.4) is 0 Å². The van der Waals surface area contributed by atoms with Gasteiger partial charge in [-0.15, -0.1) is 0 Å². The maximum Gasteiger partial charge on any atom is 0.264 e. The van der Waals surface area contributed by atoms with Crippen molar-refractivity contribution in [2.75, 3.05) is 18.0 Å². The molecule has 3 aliphatic carbocycles. The van der Waals surface area contributed by atoms with Crippen molar-refractivity contribution >= 4 is 59.8 Å². The normalized spacial score (nSPS) is 19.9. The van der Waals surface area contributed by atoms with Crippen molar-refractivity contribution in [3.05, 3.63) is 64.1 Å². The smallest absolute Gasteiger partial charge is 0.264 e. The van der Waals surface area contributed by atoms with E-state index in [4.69, 9.17) is 21.1 Å². The quantitative estimate of drug-likeness (QED) is 0.245. The Kier molecular flexibility index (Phi) is 6.26. The maximum atomic E-state index is 12.6. The number of anilines is 1. The summed E-state index contributed by atoms with van der Waals surface area (Å²) in [6.45, 7) is 3.78. The Hall–Kier alpha value is -3.28. The summed E-state index contributed by atoms with van der Waals surface area (Å²) in [6, 6.07) is 5.18. The fraction of sp³-hybridized carbons (Fsp3) is 0.419. The van der Waals surface area contributed by atoms with E-state index < -0.39 is 21.2 Å². The summed E-state index contributed by atoms with van der Waals surface area (Å²) < 4.78 is 33.4. The SMILES string of the molecule is Cc1cncc(Cl)c1-c1noc(C2CC2)c1C1=CC2(CCN(c3nc4ccc(C(=O)NS(=O)(=O)C5CC5)cc4s3)CC2)C1. The topological polar surface area (TPSA) is 118 Å². The first-order chi connectivity index (χ1) is 20.7. The Morgan fingerprint density at radius 2 is 1.91 bits per heavy atom. The first-order valence-corrected chi connectivity index (χ1v) is 17.5. The molecule has 3 fully saturated rings. The number of aromatic nitrogens is 3. The lowest BCUT2D eigenvalue weighted by Crippen LogP contribution is -2.42. The number of carbonyl (C=O) groups is 1. The number of nitrogens with zero attached hydrogens (tertiary/aromatic N) is 4. The Morgan fingerprint density at radius 1 is 1.14 bits per heavy atom. The molecule has 0 atom stereocenters. The Labute approximate surface area is 258 Å². The number of fused-ring (bicyclic) bond motifs is 1. The van der Waals surface area contributed by atoms with Crippen LogP contribution in [0.15, 0.2) is 41.2 Å². The van der Waals surface area contributed by atoms with E-state index >= 15 is 0 Å². The number of thiazole rings is 1. The van der Waals surface area contributed by atoms with Crippen LogP contribution < -0.4 is 9.62 Å². The number of amides is 1. The van der Waals surface area contributed by atoms with E-state index in [0.717, 1.165) is 88.7 Å². The number of piperidine rings is 1. The van der Waals surface area contributed by atoms with Gasteiger partial charge in [0.1, 0.15) is 11.5 Å². The lowest BCUT2D eigenvalue weighted by Gasteiger charge is -2.46. The van der Waals surface area contributed by atoms with Gasteiger partial charge in [-0.1, -0.05) is 34.2 Å². The van der Waals surface area contributed by atoms with Crippen LogP contribution in [0.4, 0.5) is 5.13 Å². The van der Waals surface area contributed by atoms with Crippen molar-refractivity contribution < 1.29 is 17.7 Å². The van der Waals surface area contributed by atoms with E-state index in [9.17, 15) is 13.2 Å². The van der Waals surface area contributed by atoms with Crippen molar-refractivity contribution in [2.24, 2.45) is 5.41 Å². The van der Waals surface area contributed by atoms with E-state index in [1.807, 2.05) is 13.1 Å². The van der Waals surface area contributed by atoms with Gasteiger partial charge in [-0.2, -0.15) is 0 Å². The number of benzene rings is 1. The molecular formula is C31H30ClN5O4S2. The van der Waals surface area contributed by atoms with Crippen LogP contribution in [0.1, 0.15) is 78.1 Å². The molecule has 1 aliphatic heterocycles. The minimum Gasteiger partial charge on any atom is -0.360 e. The third-order valence-corrected chi connectivity index (χ3v) is 12.4. The van der Waals surface area contributed by atoms with E-state index in [2.05, 4.69) is 25.8 Å². The van der Waals surface area contributed by atoms with Gasteiger partial charge < -0.3 is 9.42 Å². The summed E-state index contributed by atoms with van der Waals surface area (Å²) >= 11 is 8.14. The van der Waals surface area contributed by atoms with Gasteiger partial charge in [0.25, 0.3) is 5.91 Å². The molecule has 4 aromatic rings. The number of aryl methyl sites for hydroxylation is 1. The van der Waals surface area contributed by atoms with Crippen LogP contribution in [-0.2, 0) is 10.0 Å². The molecule has 12 heteroatoms. The van der Waals surface area contributed by atoms with Gasteiger partial charge in [0.15, 0.2) is 5.13 Å². The Morgan fingerprint density at radius 3 is 2.60 bits per heavy atom. The molecule has 0 bridgehead atoms. The van der Waals surface area contributed by atoms with Crippen LogP contribution in [0.2, 0.25) is 5.02 Å². The molecule has 8 rings (SSSR count). The number of allylic oxidation sites excluding steroid dienone is 2. The molecule has 3 aromatic heterocycles. The summed E-state index contributed by atoms with van der Waals surface area (Å²) in [5.74, 6) is 0.844. The summed E-state index contributed by atoms with van der Waals surface area (Å²) in [5, 5.41) is 5.60. The number of carbonyl (C=O) groups excluding carboxylic acids is 1. The van der Waals surface area contributed by atoms with Crippen molar-refractivity contribution in [2.45, 2.75) is 63.0 Å². The predicted octanol–water partition coefficient (Wildman–Crippen LogP) is 6.48. The van der Waals surface area contributed by atoms with Gasteiger partial charge in [-0.05, 0) is 86.6 Å². The number of hydrogen-bond acceptors (Lipinski definition) is 9. The summed E-state index contributed by atoms with van der Waals surface area (Å²) in [5.41, 5.74) is 6.44. The molecule has 43 heavy (non-hydrogen) atoms. The van der Waals surface area contributed by atoms with Crippen molar-refractivity contribution in [1.82, 2.24) is 19.8 Å². The molecule has 4 heterocycles. The monoisotopic (exact) mass is 635 g/mol. The summed E-state index contributed by atoms with van der Waals surface area (Å²) in [6.07, 6.45) is 12.4. The highest BCUT2D eigenvalue weighted by molar-refractivity contribution is 7.91. The lowest BCUT2D eigenvalue weighted by atomic mass is 9.63. The molecule has 222 valence electrons. The standard InChI is InChI=1S/C31H30ClN5O4S2/c1-17-15-33-16-22(32)25(17)27-26(28(41-35-27)18-2-3-18)20-13-31(14-20)8-10-37(11-9-31)30-34-23-7-4-19(12-24(23)42-30)29(38)36-43(39,40)21-5-6-21/h4,7,12-13,15-16,18,21H,2-3,5-6,8-11,14H2,1H3,(H,36,38). The van der Waals surface area contributed by atoms with E-state index in [0.29, 0.717) is 29.3 Å². The molecule has 0 radical (unpaired) electrons. The second kappa shape index (κ2) is 9.87. The average Bonchev–Trinajstić information content (AvgIpc) is 3.90. The fourth-order valence-corrected chi connectivity index (χ4v) is 9.07. The van der Waals surface area contributed by atoms with Crippen LogP contribution >= 0.6 is 22.9 Å². The van der Waals surface area contributed by atoms with Crippen LogP contribution in [0, 0.1) is 12.3 Å². The minimum atomic E-state index is -3.59. The zero-order valence-electron chi connectivity index (χ0n) is 23.6. The first-order valence-electron chi connectivity index (χ1n) is 14.7. The van der Waals surface area contributed by atoms with Gasteiger partial charge in [0.2, 0.25) is 10.0 Å². The highest BCUT2D eigenvalue weighted by Crippen LogP contribution is 2.56. The Bertz CT molecular complexity index is 1910.